The fourth-order valence-electron chi connectivity index (χ4n) is 2.62. The number of hydrogen-bond acceptors (Lipinski definition) is 8. The summed E-state index contributed by atoms with van der Waals surface area (Å²) in [6.07, 6.45) is 0.236. The summed E-state index contributed by atoms with van der Waals surface area (Å²) in [5, 5.41) is 9.70. The van der Waals surface area contributed by atoms with Crippen molar-refractivity contribution in [3.63, 3.8) is 0 Å². The van der Waals surface area contributed by atoms with Crippen molar-refractivity contribution in [2.24, 2.45) is 0 Å². The van der Waals surface area contributed by atoms with Crippen molar-refractivity contribution in [2.45, 2.75) is 50.5 Å². The van der Waals surface area contributed by atoms with Gasteiger partial charge in [0.25, 0.3) is 5.08 Å². The van der Waals surface area contributed by atoms with Gasteiger partial charge in [0.1, 0.15) is 0 Å². The lowest BCUT2D eigenvalue weighted by Gasteiger charge is -2.38. The minimum absolute atomic E-state index is 0.0113. The third-order valence-corrected chi connectivity index (χ3v) is 11.2. The van der Waals surface area contributed by atoms with Crippen LogP contribution in [0.4, 0.5) is 0 Å². The summed E-state index contributed by atoms with van der Waals surface area (Å²) in [4.78, 5) is 0.994. The van der Waals surface area contributed by atoms with Crippen LogP contribution in [0.2, 0.25) is 5.02 Å². The summed E-state index contributed by atoms with van der Waals surface area (Å²) in [6.45, 7) is 6.52. The molecule has 0 bridgehead atoms. The third-order valence-electron chi connectivity index (χ3n) is 3.81. The second-order valence-corrected chi connectivity index (χ2v) is 12.3. The Hall–Kier alpha value is 0.120. The van der Waals surface area contributed by atoms with Crippen LogP contribution in [0.3, 0.4) is 0 Å². The molecule has 0 amide bonds. The molecule has 0 saturated heterocycles. The molecule has 1 N–H and O–H groups in total. The number of rotatable bonds is 15. The molecule has 7 nitrogen and oxygen atoms in total. The Kier molecular flexibility index (Phi) is 12.0. The molecule has 0 aliphatic rings. The molecule has 0 unspecified atom stereocenters. The molecule has 1 aromatic carbocycles. The molecule has 0 atom stereocenters. The van der Waals surface area contributed by atoms with Gasteiger partial charge in [0.05, 0.1) is 26.4 Å². The first-order valence-electron chi connectivity index (χ1n) is 9.61. The topological polar surface area (TPSA) is 91.3 Å². The van der Waals surface area contributed by atoms with Crippen molar-refractivity contribution < 1.29 is 32.3 Å². The summed E-state index contributed by atoms with van der Waals surface area (Å²) in [5.74, 6) is 0.570. The number of halogens is 1. The molecule has 1 aromatic rings. The zero-order chi connectivity index (χ0) is 22.0. The van der Waals surface area contributed by atoms with E-state index >= 15 is 0 Å². The molecule has 0 radical (unpaired) electrons. The SMILES string of the molecule is CCOP(=O)(OCC)C(O)(CCCSc1ccc(Cl)cc1)P(=O)(OCC)OCC. The predicted octanol–water partition coefficient (Wildman–Crippen LogP) is 6.39. The highest BCUT2D eigenvalue weighted by atomic mass is 35.5. The van der Waals surface area contributed by atoms with E-state index in [0.717, 1.165) is 4.90 Å². The monoisotopic (exact) mass is 488 g/mol. The van der Waals surface area contributed by atoms with Crippen LogP contribution < -0.4 is 0 Å². The molecule has 0 saturated carbocycles. The van der Waals surface area contributed by atoms with Gasteiger partial charge in [-0.3, -0.25) is 9.13 Å². The van der Waals surface area contributed by atoms with E-state index in [2.05, 4.69) is 0 Å². The minimum atomic E-state index is -4.23. The highest BCUT2D eigenvalue weighted by molar-refractivity contribution is 7.99. The summed E-state index contributed by atoms with van der Waals surface area (Å²) in [5.41, 5.74) is 0. The summed E-state index contributed by atoms with van der Waals surface area (Å²) >= 11 is 7.42. The van der Waals surface area contributed by atoms with Crippen LogP contribution in [0.25, 0.3) is 0 Å². The van der Waals surface area contributed by atoms with Gasteiger partial charge < -0.3 is 23.2 Å². The quantitative estimate of drug-likeness (QED) is 0.172. The van der Waals surface area contributed by atoms with Crippen molar-refractivity contribution in [1.29, 1.82) is 0 Å². The summed E-state index contributed by atoms with van der Waals surface area (Å²) in [7, 11) is -8.45. The second-order valence-electron chi connectivity index (χ2n) is 5.85. The van der Waals surface area contributed by atoms with E-state index in [1.54, 1.807) is 39.8 Å². The lowest BCUT2D eigenvalue weighted by Crippen LogP contribution is -2.33. The second kappa shape index (κ2) is 12.8. The Morgan fingerprint density at radius 3 is 1.69 bits per heavy atom. The molecule has 0 aliphatic carbocycles. The predicted molar refractivity (Wildman–Crippen MR) is 118 cm³/mol. The van der Waals surface area contributed by atoms with E-state index in [4.69, 9.17) is 29.7 Å². The Morgan fingerprint density at radius 1 is 0.897 bits per heavy atom. The standard InChI is InChI=1S/C18H31ClO7P2S/c1-5-23-27(21,24-6-2)18(20,28(22,25-7-3)26-8-4)14-9-15-29-17-12-10-16(19)11-13-17/h10-13,20H,5-9,14-15H2,1-4H3. The van der Waals surface area contributed by atoms with E-state index in [9.17, 15) is 14.2 Å². The first kappa shape index (κ1) is 27.2. The van der Waals surface area contributed by atoms with Gasteiger partial charge in [0.2, 0.25) is 0 Å². The van der Waals surface area contributed by atoms with Gasteiger partial charge >= 0.3 is 15.2 Å². The molecule has 0 heterocycles. The Balaban J connectivity index is 3.09. The molecule has 0 aliphatic heterocycles. The van der Waals surface area contributed by atoms with Crippen LogP contribution in [0.1, 0.15) is 40.5 Å². The van der Waals surface area contributed by atoms with Crippen LogP contribution in [-0.4, -0.2) is 42.4 Å². The van der Waals surface area contributed by atoms with Crippen LogP contribution in [-0.2, 0) is 27.2 Å². The van der Waals surface area contributed by atoms with E-state index in [1.165, 1.54) is 11.8 Å². The number of hydrogen-bond donors (Lipinski definition) is 1. The lowest BCUT2D eigenvalue weighted by atomic mass is 10.3. The third kappa shape index (κ3) is 7.06. The van der Waals surface area contributed by atoms with Crippen molar-refractivity contribution in [2.75, 3.05) is 32.2 Å². The van der Waals surface area contributed by atoms with Crippen molar-refractivity contribution in [1.82, 2.24) is 0 Å². The largest absolute Gasteiger partial charge is 0.374 e. The van der Waals surface area contributed by atoms with Crippen LogP contribution in [0.15, 0.2) is 29.2 Å². The fraction of sp³-hybridized carbons (Fsp3) is 0.667. The maximum atomic E-state index is 13.5. The van der Waals surface area contributed by atoms with Crippen LogP contribution in [0, 0.1) is 0 Å². The number of thioether (sulfide) groups is 1. The molecule has 11 heteroatoms. The zero-order valence-electron chi connectivity index (χ0n) is 17.3. The molecule has 29 heavy (non-hydrogen) atoms. The van der Waals surface area contributed by atoms with Gasteiger partial charge in [-0.25, -0.2) is 0 Å². The average Bonchev–Trinajstić information content (AvgIpc) is 2.67. The minimum Gasteiger partial charge on any atom is -0.368 e. The Labute approximate surface area is 182 Å². The molecular formula is C18H31ClO7P2S. The molecule has 1 rings (SSSR count). The summed E-state index contributed by atoms with van der Waals surface area (Å²) < 4.78 is 48.3. The van der Waals surface area contributed by atoms with Gasteiger partial charge in [-0.15, -0.1) is 11.8 Å². The number of benzene rings is 1. The van der Waals surface area contributed by atoms with Crippen LogP contribution >= 0.6 is 38.6 Å². The smallest absolute Gasteiger partial charge is 0.368 e. The molecule has 0 spiro atoms. The first-order chi connectivity index (χ1) is 13.7. The maximum Gasteiger partial charge on any atom is 0.374 e. The molecular weight excluding hydrogens is 458 g/mol. The van der Waals surface area contributed by atoms with Gasteiger partial charge in [-0.05, 0) is 64.1 Å². The van der Waals surface area contributed by atoms with Crippen molar-refractivity contribution in [3.05, 3.63) is 29.3 Å². The van der Waals surface area contributed by atoms with Gasteiger partial charge in [-0.1, -0.05) is 11.6 Å². The molecule has 0 aromatic heterocycles. The molecule has 0 fully saturated rings. The van der Waals surface area contributed by atoms with E-state index in [-0.39, 0.29) is 32.8 Å². The van der Waals surface area contributed by atoms with E-state index < -0.39 is 20.3 Å². The zero-order valence-corrected chi connectivity index (χ0v) is 20.7. The molecule has 168 valence electrons. The highest BCUT2D eigenvalue weighted by Crippen LogP contribution is 2.78. The Bertz CT molecular complexity index is 652. The highest BCUT2D eigenvalue weighted by Gasteiger charge is 2.64. The first-order valence-corrected chi connectivity index (χ1v) is 14.1. The van der Waals surface area contributed by atoms with E-state index in [0.29, 0.717) is 17.2 Å². The average molecular weight is 489 g/mol. The summed E-state index contributed by atoms with van der Waals surface area (Å²) in [6, 6.07) is 7.35. The van der Waals surface area contributed by atoms with Crippen molar-refractivity contribution in [3.8, 4) is 0 Å². The van der Waals surface area contributed by atoms with Gasteiger partial charge in [0.15, 0.2) is 0 Å². The Morgan fingerprint density at radius 2 is 1.31 bits per heavy atom. The van der Waals surface area contributed by atoms with Crippen LogP contribution in [0.5, 0.6) is 0 Å². The van der Waals surface area contributed by atoms with E-state index in [1.807, 2.05) is 12.1 Å². The number of aliphatic hydroxyl groups is 1. The van der Waals surface area contributed by atoms with Gasteiger partial charge in [-0.2, -0.15) is 0 Å². The maximum absolute atomic E-state index is 13.5. The normalized spacial score (nSPS) is 13.0. The fourth-order valence-corrected chi connectivity index (χ4v) is 8.69. The van der Waals surface area contributed by atoms with Crippen molar-refractivity contribution >= 4 is 38.6 Å². The van der Waals surface area contributed by atoms with Gasteiger partial charge in [0, 0.05) is 16.3 Å². The lowest BCUT2D eigenvalue weighted by molar-refractivity contribution is 0.0772.